The second-order valence-electron chi connectivity index (χ2n) is 6.78. The van der Waals surface area contributed by atoms with E-state index >= 15 is 0 Å². The molecule has 1 unspecified atom stereocenters. The van der Waals surface area contributed by atoms with E-state index in [4.69, 9.17) is 0 Å². The van der Waals surface area contributed by atoms with E-state index in [0.29, 0.717) is 6.04 Å². The van der Waals surface area contributed by atoms with Gasteiger partial charge in [-0.15, -0.1) is 0 Å². The van der Waals surface area contributed by atoms with Gasteiger partial charge in [-0.25, -0.2) is 0 Å². The van der Waals surface area contributed by atoms with Crippen LogP contribution in [0.5, 0.6) is 0 Å². The normalized spacial score (nSPS) is 19.4. The Kier molecular flexibility index (Phi) is 2.80. The number of benzene rings is 3. The average Bonchev–Trinajstić information content (AvgIpc) is 2.75. The minimum absolute atomic E-state index is 0.117. The largest absolute Gasteiger partial charge is 0.338 e. The zero-order valence-electron chi connectivity index (χ0n) is 13.4. The maximum atomic E-state index is 2.49. The number of nitrogens with zero attached hydrogens (tertiary/aromatic N) is 1. The monoisotopic (exact) mass is 287 g/mol. The van der Waals surface area contributed by atoms with E-state index < -0.39 is 0 Å². The summed E-state index contributed by atoms with van der Waals surface area (Å²) in [5.41, 5.74) is 4.22. The van der Waals surface area contributed by atoms with Crippen molar-refractivity contribution in [1.82, 2.24) is 0 Å². The van der Waals surface area contributed by atoms with E-state index in [9.17, 15) is 0 Å². The zero-order chi connectivity index (χ0) is 15.3. The molecule has 0 fully saturated rings. The summed E-state index contributed by atoms with van der Waals surface area (Å²) in [7, 11) is 0. The highest BCUT2D eigenvalue weighted by Gasteiger charge is 2.43. The van der Waals surface area contributed by atoms with E-state index in [1.165, 1.54) is 27.7 Å². The molecule has 0 N–H and O–H groups in total. The fraction of sp³-hybridized carbons (Fsp3) is 0.238. The van der Waals surface area contributed by atoms with Crippen molar-refractivity contribution in [3.8, 4) is 0 Å². The summed E-state index contributed by atoms with van der Waals surface area (Å²) in [4.78, 5) is 2.49. The van der Waals surface area contributed by atoms with Crippen LogP contribution in [0.3, 0.4) is 0 Å². The van der Waals surface area contributed by atoms with Crippen molar-refractivity contribution in [2.45, 2.75) is 32.2 Å². The van der Waals surface area contributed by atoms with Crippen molar-refractivity contribution in [3.63, 3.8) is 0 Å². The first-order valence-corrected chi connectivity index (χ1v) is 7.97. The van der Waals surface area contributed by atoms with E-state index in [1.54, 1.807) is 0 Å². The number of hydrogen-bond acceptors (Lipinski definition) is 1. The SMILES string of the molecule is CC1N(c2ccccc2)c2ccc3ccccc3c2C1(C)C. The lowest BCUT2D eigenvalue weighted by Gasteiger charge is -2.31. The molecule has 1 atom stereocenters. The molecule has 1 nitrogen and oxygen atoms in total. The standard InChI is InChI=1S/C21H21N/c1-15-21(2,3)20-18-12-8-7-9-16(18)13-14-19(20)22(15)17-10-5-4-6-11-17/h4-15H,1-3H3. The Morgan fingerprint density at radius 3 is 2.27 bits per heavy atom. The van der Waals surface area contributed by atoms with Crippen LogP contribution in [-0.2, 0) is 5.41 Å². The molecule has 0 saturated carbocycles. The van der Waals surface area contributed by atoms with Gasteiger partial charge in [-0.2, -0.15) is 0 Å². The fourth-order valence-corrected chi connectivity index (χ4v) is 3.83. The number of fused-ring (bicyclic) bond motifs is 3. The first-order valence-electron chi connectivity index (χ1n) is 7.97. The van der Waals surface area contributed by atoms with Gasteiger partial charge in [0.25, 0.3) is 0 Å². The summed E-state index contributed by atoms with van der Waals surface area (Å²) in [6, 6.07) is 24.4. The second-order valence-corrected chi connectivity index (χ2v) is 6.78. The van der Waals surface area contributed by atoms with Crippen LogP contribution >= 0.6 is 0 Å². The molecule has 1 heterocycles. The molecule has 0 aromatic heterocycles. The Bertz CT molecular complexity index is 833. The van der Waals surface area contributed by atoms with Gasteiger partial charge in [-0.3, -0.25) is 0 Å². The summed E-state index contributed by atoms with van der Waals surface area (Å²) in [6.45, 7) is 7.07. The molecule has 1 heteroatoms. The fourth-order valence-electron chi connectivity index (χ4n) is 3.83. The van der Waals surface area contributed by atoms with E-state index in [-0.39, 0.29) is 5.41 Å². The Morgan fingerprint density at radius 1 is 0.818 bits per heavy atom. The molecular formula is C21H21N. The molecule has 0 amide bonds. The minimum atomic E-state index is 0.117. The molecule has 3 aromatic carbocycles. The molecule has 1 aliphatic heterocycles. The van der Waals surface area contributed by atoms with Crippen LogP contribution in [0.15, 0.2) is 66.7 Å². The smallest absolute Gasteiger partial charge is 0.0458 e. The van der Waals surface area contributed by atoms with Crippen LogP contribution in [0.4, 0.5) is 11.4 Å². The van der Waals surface area contributed by atoms with Gasteiger partial charge in [-0.05, 0) is 41.5 Å². The molecule has 0 aliphatic carbocycles. The number of hydrogen-bond donors (Lipinski definition) is 0. The highest BCUT2D eigenvalue weighted by molar-refractivity contribution is 5.94. The van der Waals surface area contributed by atoms with Gasteiger partial charge in [0.15, 0.2) is 0 Å². The van der Waals surface area contributed by atoms with E-state index in [1.807, 2.05) is 0 Å². The van der Waals surface area contributed by atoms with Crippen LogP contribution in [0.1, 0.15) is 26.3 Å². The summed E-state index contributed by atoms with van der Waals surface area (Å²) in [5, 5.41) is 2.71. The van der Waals surface area contributed by atoms with Crippen molar-refractivity contribution < 1.29 is 0 Å². The second kappa shape index (κ2) is 4.61. The molecule has 0 spiro atoms. The van der Waals surface area contributed by atoms with Gasteiger partial charge in [0.05, 0.1) is 0 Å². The van der Waals surface area contributed by atoms with Gasteiger partial charge in [0, 0.05) is 22.8 Å². The molecule has 0 saturated heterocycles. The molecule has 0 bridgehead atoms. The predicted octanol–water partition coefficient (Wildman–Crippen LogP) is 5.66. The molecule has 22 heavy (non-hydrogen) atoms. The minimum Gasteiger partial charge on any atom is -0.338 e. The number of para-hydroxylation sites is 1. The summed E-state index contributed by atoms with van der Waals surface area (Å²) >= 11 is 0. The van der Waals surface area contributed by atoms with Gasteiger partial charge in [0.1, 0.15) is 0 Å². The molecule has 1 aliphatic rings. The van der Waals surface area contributed by atoms with Crippen molar-refractivity contribution >= 4 is 22.1 Å². The van der Waals surface area contributed by atoms with E-state index in [0.717, 1.165) is 0 Å². The van der Waals surface area contributed by atoms with Gasteiger partial charge in [-0.1, -0.05) is 62.4 Å². The number of anilines is 2. The predicted molar refractivity (Wildman–Crippen MR) is 95.0 cm³/mol. The van der Waals surface area contributed by atoms with Gasteiger partial charge >= 0.3 is 0 Å². The molecule has 3 aromatic rings. The maximum Gasteiger partial charge on any atom is 0.0458 e. The number of rotatable bonds is 1. The van der Waals surface area contributed by atoms with Gasteiger partial charge < -0.3 is 4.90 Å². The summed E-state index contributed by atoms with van der Waals surface area (Å²) in [5.74, 6) is 0. The highest BCUT2D eigenvalue weighted by Crippen LogP contribution is 2.51. The molecular weight excluding hydrogens is 266 g/mol. The Labute approximate surface area is 132 Å². The van der Waals surface area contributed by atoms with Crippen molar-refractivity contribution in [1.29, 1.82) is 0 Å². The third-order valence-corrected chi connectivity index (χ3v) is 5.28. The Morgan fingerprint density at radius 2 is 1.50 bits per heavy atom. The Hall–Kier alpha value is -2.28. The summed E-state index contributed by atoms with van der Waals surface area (Å²) < 4.78 is 0. The summed E-state index contributed by atoms with van der Waals surface area (Å²) in [6.07, 6.45) is 0. The van der Waals surface area contributed by atoms with Gasteiger partial charge in [0.2, 0.25) is 0 Å². The lowest BCUT2D eigenvalue weighted by Crippen LogP contribution is -2.36. The molecule has 4 rings (SSSR count). The zero-order valence-corrected chi connectivity index (χ0v) is 13.4. The van der Waals surface area contributed by atoms with Crippen LogP contribution < -0.4 is 4.90 Å². The first-order chi connectivity index (χ1) is 10.6. The average molecular weight is 287 g/mol. The topological polar surface area (TPSA) is 3.24 Å². The lowest BCUT2D eigenvalue weighted by molar-refractivity contribution is 0.464. The quantitative estimate of drug-likeness (QED) is 0.558. The van der Waals surface area contributed by atoms with Crippen molar-refractivity contribution in [2.75, 3.05) is 4.90 Å². The van der Waals surface area contributed by atoms with Crippen molar-refractivity contribution in [3.05, 3.63) is 72.3 Å². The van der Waals surface area contributed by atoms with Crippen LogP contribution in [0, 0.1) is 0 Å². The van der Waals surface area contributed by atoms with Crippen LogP contribution in [0.25, 0.3) is 10.8 Å². The van der Waals surface area contributed by atoms with Crippen LogP contribution in [0.2, 0.25) is 0 Å². The highest BCUT2D eigenvalue weighted by atomic mass is 15.2. The third kappa shape index (κ3) is 1.72. The lowest BCUT2D eigenvalue weighted by atomic mass is 9.79. The molecule has 0 radical (unpaired) electrons. The van der Waals surface area contributed by atoms with Crippen molar-refractivity contribution in [2.24, 2.45) is 0 Å². The first kappa shape index (κ1) is 13.4. The van der Waals surface area contributed by atoms with Crippen LogP contribution in [-0.4, -0.2) is 6.04 Å². The Balaban J connectivity index is 2.03. The van der Waals surface area contributed by atoms with E-state index in [2.05, 4.69) is 92.4 Å². The third-order valence-electron chi connectivity index (χ3n) is 5.28. The molecule has 110 valence electrons. The maximum absolute atomic E-state index is 2.49.